The number of hydrogen-bond acceptors (Lipinski definition) is 4. The zero-order chi connectivity index (χ0) is 17.9. The van der Waals surface area contributed by atoms with Crippen molar-refractivity contribution in [2.45, 2.75) is 31.7 Å². The first-order valence-corrected chi connectivity index (χ1v) is 9.05. The molecule has 1 aliphatic rings. The third-order valence-corrected chi connectivity index (χ3v) is 4.97. The number of benzene rings is 1. The fraction of sp³-hybridized carbons (Fsp3) is 0.250. The molecule has 2 heterocycles. The van der Waals surface area contributed by atoms with Crippen molar-refractivity contribution in [1.29, 1.82) is 5.26 Å². The SMILES string of the molecule is N#CC=C1CCC(Nc2ccc3ncc(-c4cccc(Cl)c4)n3n2)CC1. The van der Waals surface area contributed by atoms with Gasteiger partial charge in [0.25, 0.3) is 0 Å². The fourth-order valence-electron chi connectivity index (χ4n) is 3.37. The summed E-state index contributed by atoms with van der Waals surface area (Å²) < 4.78 is 1.85. The van der Waals surface area contributed by atoms with Gasteiger partial charge in [-0.15, -0.1) is 5.10 Å². The summed E-state index contributed by atoms with van der Waals surface area (Å²) in [6.07, 6.45) is 7.45. The van der Waals surface area contributed by atoms with Gasteiger partial charge in [0.1, 0.15) is 5.82 Å². The average molecular weight is 364 g/mol. The van der Waals surface area contributed by atoms with Gasteiger partial charge in [0, 0.05) is 22.7 Å². The van der Waals surface area contributed by atoms with Crippen LogP contribution in [0.5, 0.6) is 0 Å². The lowest BCUT2D eigenvalue weighted by Gasteiger charge is -2.24. The van der Waals surface area contributed by atoms with Crippen molar-refractivity contribution in [3.05, 3.63) is 59.3 Å². The van der Waals surface area contributed by atoms with E-state index < -0.39 is 0 Å². The summed E-state index contributed by atoms with van der Waals surface area (Å²) in [7, 11) is 0. The molecule has 5 nitrogen and oxygen atoms in total. The van der Waals surface area contributed by atoms with Gasteiger partial charge in [-0.05, 0) is 49.9 Å². The van der Waals surface area contributed by atoms with E-state index in [1.54, 1.807) is 6.08 Å². The molecule has 1 aromatic carbocycles. The molecule has 1 aliphatic carbocycles. The third-order valence-electron chi connectivity index (χ3n) is 4.73. The summed E-state index contributed by atoms with van der Waals surface area (Å²) in [5, 5.41) is 17.7. The van der Waals surface area contributed by atoms with Gasteiger partial charge in [-0.2, -0.15) is 5.26 Å². The van der Waals surface area contributed by atoms with Gasteiger partial charge in [0.2, 0.25) is 0 Å². The minimum atomic E-state index is 0.369. The highest BCUT2D eigenvalue weighted by atomic mass is 35.5. The van der Waals surface area contributed by atoms with Crippen LogP contribution in [-0.4, -0.2) is 20.6 Å². The van der Waals surface area contributed by atoms with Gasteiger partial charge < -0.3 is 5.32 Å². The van der Waals surface area contributed by atoms with Gasteiger partial charge in [-0.1, -0.05) is 29.3 Å². The van der Waals surface area contributed by atoms with Crippen molar-refractivity contribution in [2.75, 3.05) is 5.32 Å². The van der Waals surface area contributed by atoms with E-state index in [0.29, 0.717) is 11.1 Å². The number of aromatic nitrogens is 3. The fourth-order valence-corrected chi connectivity index (χ4v) is 3.56. The Balaban J connectivity index is 1.57. The van der Waals surface area contributed by atoms with Crippen molar-refractivity contribution < 1.29 is 0 Å². The molecule has 2 aromatic heterocycles. The highest BCUT2D eigenvalue weighted by molar-refractivity contribution is 6.30. The molecule has 0 amide bonds. The molecule has 4 rings (SSSR count). The van der Waals surface area contributed by atoms with Crippen LogP contribution in [0, 0.1) is 11.3 Å². The van der Waals surface area contributed by atoms with Crippen LogP contribution in [-0.2, 0) is 0 Å². The minimum absolute atomic E-state index is 0.369. The number of halogens is 1. The van der Waals surface area contributed by atoms with E-state index in [1.165, 1.54) is 5.57 Å². The Bertz CT molecular complexity index is 1000. The Morgan fingerprint density at radius 2 is 2.08 bits per heavy atom. The lowest BCUT2D eigenvalue weighted by molar-refractivity contribution is 0.538. The first-order valence-electron chi connectivity index (χ1n) is 8.68. The summed E-state index contributed by atoms with van der Waals surface area (Å²) in [6.45, 7) is 0. The number of nitriles is 1. The molecule has 3 aromatic rings. The molecule has 1 saturated carbocycles. The maximum absolute atomic E-state index is 8.77. The maximum atomic E-state index is 8.77. The zero-order valence-electron chi connectivity index (χ0n) is 14.2. The molecular formula is C20H18ClN5. The van der Waals surface area contributed by atoms with Crippen LogP contribution in [0.1, 0.15) is 25.7 Å². The lowest BCUT2D eigenvalue weighted by Crippen LogP contribution is -2.24. The number of rotatable bonds is 3. The van der Waals surface area contributed by atoms with Crippen LogP contribution in [0.4, 0.5) is 5.82 Å². The molecule has 0 radical (unpaired) electrons. The average Bonchev–Trinajstić information content (AvgIpc) is 3.07. The molecule has 0 saturated heterocycles. The van der Waals surface area contributed by atoms with Crippen LogP contribution < -0.4 is 5.32 Å². The normalized spacial score (nSPS) is 17.1. The maximum Gasteiger partial charge on any atom is 0.154 e. The van der Waals surface area contributed by atoms with Gasteiger partial charge in [-0.25, -0.2) is 9.50 Å². The number of nitrogens with zero attached hydrogens (tertiary/aromatic N) is 4. The Morgan fingerprint density at radius 3 is 2.85 bits per heavy atom. The van der Waals surface area contributed by atoms with Gasteiger partial charge in [0.05, 0.1) is 18.0 Å². The molecule has 0 spiro atoms. The predicted molar refractivity (Wildman–Crippen MR) is 103 cm³/mol. The van der Waals surface area contributed by atoms with E-state index in [4.69, 9.17) is 22.0 Å². The molecule has 0 atom stereocenters. The van der Waals surface area contributed by atoms with E-state index >= 15 is 0 Å². The van der Waals surface area contributed by atoms with Crippen LogP contribution in [0.25, 0.3) is 16.9 Å². The van der Waals surface area contributed by atoms with Crippen LogP contribution >= 0.6 is 11.6 Å². The van der Waals surface area contributed by atoms with E-state index in [9.17, 15) is 0 Å². The molecule has 1 fully saturated rings. The smallest absolute Gasteiger partial charge is 0.154 e. The number of imidazole rings is 1. The number of hydrogen-bond donors (Lipinski definition) is 1. The van der Waals surface area contributed by atoms with Crippen LogP contribution in [0.2, 0.25) is 5.02 Å². The Morgan fingerprint density at radius 1 is 1.23 bits per heavy atom. The Hall–Kier alpha value is -2.84. The molecule has 130 valence electrons. The van der Waals surface area contributed by atoms with Gasteiger partial charge in [0.15, 0.2) is 5.65 Å². The van der Waals surface area contributed by atoms with Gasteiger partial charge >= 0.3 is 0 Å². The summed E-state index contributed by atoms with van der Waals surface area (Å²) in [5.41, 5.74) is 3.94. The molecule has 0 bridgehead atoms. The van der Waals surface area contributed by atoms with E-state index in [0.717, 1.165) is 48.4 Å². The van der Waals surface area contributed by atoms with Crippen molar-refractivity contribution >= 4 is 23.1 Å². The second kappa shape index (κ2) is 7.19. The molecule has 0 aliphatic heterocycles. The number of anilines is 1. The van der Waals surface area contributed by atoms with Crippen LogP contribution in [0.15, 0.2) is 54.2 Å². The summed E-state index contributed by atoms with van der Waals surface area (Å²) >= 11 is 6.12. The Kier molecular flexibility index (Phi) is 4.59. The second-order valence-corrected chi connectivity index (χ2v) is 6.93. The third kappa shape index (κ3) is 3.42. The van der Waals surface area contributed by atoms with Crippen LogP contribution in [0.3, 0.4) is 0 Å². The quantitative estimate of drug-likeness (QED) is 0.675. The largest absolute Gasteiger partial charge is 0.366 e. The number of allylic oxidation sites excluding steroid dienone is 2. The first kappa shape index (κ1) is 16.6. The second-order valence-electron chi connectivity index (χ2n) is 6.49. The molecule has 26 heavy (non-hydrogen) atoms. The molecule has 6 heteroatoms. The topological polar surface area (TPSA) is 66.0 Å². The summed E-state index contributed by atoms with van der Waals surface area (Å²) in [5.74, 6) is 0.830. The zero-order valence-corrected chi connectivity index (χ0v) is 14.9. The van der Waals surface area contributed by atoms with E-state index in [1.807, 2.05) is 47.1 Å². The standard InChI is InChI=1S/C20H18ClN5/c21-16-3-1-2-15(12-16)18-13-23-20-9-8-19(25-26(18)20)24-17-6-4-14(5-7-17)10-11-22/h1-3,8-10,12-13,17H,4-7H2,(H,24,25). The molecular weight excluding hydrogens is 346 g/mol. The van der Waals surface area contributed by atoms with Crippen molar-refractivity contribution in [3.63, 3.8) is 0 Å². The summed E-state index contributed by atoms with van der Waals surface area (Å²) in [4.78, 5) is 4.43. The number of nitrogens with one attached hydrogen (secondary N) is 1. The first-order chi connectivity index (χ1) is 12.7. The molecule has 1 N–H and O–H groups in total. The molecule has 0 unspecified atom stereocenters. The van der Waals surface area contributed by atoms with E-state index in [-0.39, 0.29) is 0 Å². The highest BCUT2D eigenvalue weighted by Crippen LogP contribution is 2.27. The number of fused-ring (bicyclic) bond motifs is 1. The van der Waals surface area contributed by atoms with Gasteiger partial charge in [-0.3, -0.25) is 0 Å². The predicted octanol–water partition coefficient (Wildman–Crippen LogP) is 4.85. The van der Waals surface area contributed by atoms with Crippen molar-refractivity contribution in [1.82, 2.24) is 14.6 Å². The van der Waals surface area contributed by atoms with E-state index in [2.05, 4.69) is 16.4 Å². The van der Waals surface area contributed by atoms with Crippen molar-refractivity contribution in [3.8, 4) is 17.3 Å². The van der Waals surface area contributed by atoms with Crippen molar-refractivity contribution in [2.24, 2.45) is 0 Å². The summed E-state index contributed by atoms with van der Waals surface area (Å²) in [6, 6.07) is 14.1. The lowest BCUT2D eigenvalue weighted by atomic mass is 9.91. The Labute approximate surface area is 156 Å². The highest BCUT2D eigenvalue weighted by Gasteiger charge is 2.17. The monoisotopic (exact) mass is 363 g/mol. The minimum Gasteiger partial charge on any atom is -0.366 e.